The molecule has 0 radical (unpaired) electrons. The molecule has 0 aliphatic rings. The number of hydrogen-bond donors (Lipinski definition) is 3. The van der Waals surface area contributed by atoms with Crippen molar-refractivity contribution >= 4 is 43.2 Å². The fourth-order valence-corrected chi connectivity index (χ4v) is 3.53. The molecule has 0 saturated carbocycles. The van der Waals surface area contributed by atoms with Crippen molar-refractivity contribution in [2.75, 3.05) is 4.72 Å². The van der Waals surface area contributed by atoms with E-state index in [4.69, 9.17) is 16.7 Å². The standard InChI is InChI=1S/C11H11BrClN3O3S/c1-6-11(10(5-17)15-14-6)20(18,19)16-7-2-3-8(12)9(13)4-7/h2-4,16-17H,5H2,1H3,(H,14,15). The zero-order valence-electron chi connectivity index (χ0n) is 10.3. The van der Waals surface area contributed by atoms with E-state index in [-0.39, 0.29) is 10.6 Å². The topological polar surface area (TPSA) is 95.1 Å². The van der Waals surface area contributed by atoms with Crippen LogP contribution < -0.4 is 4.72 Å². The molecule has 0 aliphatic carbocycles. The lowest BCUT2D eigenvalue weighted by Crippen LogP contribution is -2.15. The molecule has 3 N–H and O–H groups in total. The van der Waals surface area contributed by atoms with Gasteiger partial charge in [-0.15, -0.1) is 0 Å². The van der Waals surface area contributed by atoms with Gasteiger partial charge in [-0.3, -0.25) is 9.82 Å². The summed E-state index contributed by atoms with van der Waals surface area (Å²) in [6.45, 7) is 1.09. The summed E-state index contributed by atoms with van der Waals surface area (Å²) in [6, 6.07) is 4.69. The fourth-order valence-electron chi connectivity index (χ4n) is 1.70. The molecule has 0 saturated heterocycles. The van der Waals surface area contributed by atoms with Crippen molar-refractivity contribution in [3.05, 3.63) is 39.1 Å². The number of aromatic nitrogens is 2. The molecule has 1 heterocycles. The molecule has 2 aromatic rings. The van der Waals surface area contributed by atoms with Gasteiger partial charge in [0.1, 0.15) is 10.6 Å². The molecule has 9 heteroatoms. The normalized spacial score (nSPS) is 11.6. The van der Waals surface area contributed by atoms with Gasteiger partial charge in [-0.05, 0) is 41.1 Å². The van der Waals surface area contributed by atoms with Crippen LogP contribution in [0, 0.1) is 6.92 Å². The quantitative estimate of drug-likeness (QED) is 0.759. The minimum atomic E-state index is -3.85. The van der Waals surface area contributed by atoms with Crippen molar-refractivity contribution in [1.82, 2.24) is 10.2 Å². The van der Waals surface area contributed by atoms with Gasteiger partial charge in [0.25, 0.3) is 10.0 Å². The number of anilines is 1. The van der Waals surface area contributed by atoms with Crippen LogP contribution in [0.15, 0.2) is 27.6 Å². The number of nitrogens with one attached hydrogen (secondary N) is 2. The molecule has 0 spiro atoms. The highest BCUT2D eigenvalue weighted by atomic mass is 79.9. The van der Waals surface area contributed by atoms with E-state index in [1.54, 1.807) is 19.1 Å². The number of aliphatic hydroxyl groups excluding tert-OH is 1. The summed E-state index contributed by atoms with van der Waals surface area (Å²) in [6.07, 6.45) is 0. The third-order valence-electron chi connectivity index (χ3n) is 2.55. The van der Waals surface area contributed by atoms with Gasteiger partial charge < -0.3 is 5.11 Å². The summed E-state index contributed by atoms with van der Waals surface area (Å²) < 4.78 is 27.7. The van der Waals surface area contributed by atoms with E-state index in [2.05, 4.69) is 30.8 Å². The second-order valence-corrected chi connectivity index (χ2v) is 6.90. The number of rotatable bonds is 4. The molecule has 20 heavy (non-hydrogen) atoms. The van der Waals surface area contributed by atoms with Gasteiger partial charge in [0.05, 0.1) is 23.0 Å². The number of aliphatic hydroxyl groups is 1. The maximum absolute atomic E-state index is 12.3. The molecule has 0 amide bonds. The van der Waals surface area contributed by atoms with E-state index < -0.39 is 16.6 Å². The van der Waals surface area contributed by atoms with Gasteiger partial charge in [0.15, 0.2) is 0 Å². The van der Waals surface area contributed by atoms with Gasteiger partial charge in [-0.25, -0.2) is 8.42 Å². The number of H-pyrrole nitrogens is 1. The summed E-state index contributed by atoms with van der Waals surface area (Å²) >= 11 is 9.14. The van der Waals surface area contributed by atoms with Crippen LogP contribution in [0.1, 0.15) is 11.4 Å². The lowest BCUT2D eigenvalue weighted by atomic mass is 10.3. The van der Waals surface area contributed by atoms with Gasteiger partial charge in [0.2, 0.25) is 0 Å². The number of benzene rings is 1. The molecule has 2 rings (SSSR count). The maximum Gasteiger partial charge on any atom is 0.265 e. The molecule has 0 atom stereocenters. The Morgan fingerprint density at radius 1 is 1.50 bits per heavy atom. The summed E-state index contributed by atoms with van der Waals surface area (Å²) in [5.74, 6) is 0. The smallest absolute Gasteiger partial charge is 0.265 e. The summed E-state index contributed by atoms with van der Waals surface area (Å²) in [5.41, 5.74) is 0.741. The van der Waals surface area contributed by atoms with Crippen molar-refractivity contribution in [2.24, 2.45) is 0 Å². The summed E-state index contributed by atoms with van der Waals surface area (Å²) in [7, 11) is -3.85. The molecule has 0 bridgehead atoms. The average molecular weight is 381 g/mol. The number of sulfonamides is 1. The van der Waals surface area contributed by atoms with Crippen LogP contribution >= 0.6 is 27.5 Å². The Kier molecular flexibility index (Phi) is 4.38. The molecule has 108 valence electrons. The van der Waals surface area contributed by atoms with E-state index >= 15 is 0 Å². The van der Waals surface area contributed by atoms with Gasteiger partial charge in [-0.1, -0.05) is 11.6 Å². The highest BCUT2D eigenvalue weighted by Crippen LogP contribution is 2.27. The van der Waals surface area contributed by atoms with Crippen molar-refractivity contribution in [3.63, 3.8) is 0 Å². The van der Waals surface area contributed by atoms with Gasteiger partial charge >= 0.3 is 0 Å². The highest BCUT2D eigenvalue weighted by Gasteiger charge is 2.24. The third kappa shape index (κ3) is 2.98. The minimum Gasteiger partial charge on any atom is -0.390 e. The van der Waals surface area contributed by atoms with E-state index in [0.717, 1.165) is 0 Å². The van der Waals surface area contributed by atoms with Crippen LogP contribution in [0.3, 0.4) is 0 Å². The predicted molar refractivity (Wildman–Crippen MR) is 79.2 cm³/mol. The van der Waals surface area contributed by atoms with Crippen LogP contribution in [0.25, 0.3) is 0 Å². The largest absolute Gasteiger partial charge is 0.390 e. The van der Waals surface area contributed by atoms with E-state index in [1.165, 1.54) is 6.07 Å². The van der Waals surface area contributed by atoms with E-state index in [1.807, 2.05) is 0 Å². The second-order valence-electron chi connectivity index (χ2n) is 4.02. The van der Waals surface area contributed by atoms with Gasteiger partial charge in [0, 0.05) is 4.47 Å². The highest BCUT2D eigenvalue weighted by molar-refractivity contribution is 9.10. The zero-order valence-corrected chi connectivity index (χ0v) is 13.5. The zero-order chi connectivity index (χ0) is 14.9. The first kappa shape index (κ1) is 15.3. The van der Waals surface area contributed by atoms with Gasteiger partial charge in [-0.2, -0.15) is 5.10 Å². The Labute approximate surface area is 129 Å². The Morgan fingerprint density at radius 3 is 2.80 bits per heavy atom. The maximum atomic E-state index is 12.3. The Bertz CT molecular complexity index is 745. The monoisotopic (exact) mass is 379 g/mol. The second kappa shape index (κ2) is 5.72. The van der Waals surface area contributed by atoms with Crippen LogP contribution in [-0.2, 0) is 16.6 Å². The van der Waals surface area contributed by atoms with Crippen LogP contribution in [0.4, 0.5) is 5.69 Å². The summed E-state index contributed by atoms with van der Waals surface area (Å²) in [4.78, 5) is -0.0564. The van der Waals surface area contributed by atoms with E-state index in [9.17, 15) is 8.42 Å². The van der Waals surface area contributed by atoms with E-state index in [0.29, 0.717) is 20.9 Å². The first-order valence-corrected chi connectivity index (χ1v) is 8.13. The average Bonchev–Trinajstić information content (AvgIpc) is 2.75. The lowest BCUT2D eigenvalue weighted by Gasteiger charge is -2.09. The number of aromatic amines is 1. The number of hydrogen-bond acceptors (Lipinski definition) is 4. The van der Waals surface area contributed by atoms with Crippen LogP contribution in [0.2, 0.25) is 5.02 Å². The van der Waals surface area contributed by atoms with Crippen molar-refractivity contribution in [2.45, 2.75) is 18.4 Å². The first-order chi connectivity index (χ1) is 9.35. The third-order valence-corrected chi connectivity index (χ3v) is 5.37. The number of aryl methyl sites for hydroxylation is 1. The van der Waals surface area contributed by atoms with Crippen molar-refractivity contribution < 1.29 is 13.5 Å². The van der Waals surface area contributed by atoms with Crippen molar-refractivity contribution in [3.8, 4) is 0 Å². The Balaban J connectivity index is 2.40. The Morgan fingerprint density at radius 2 is 2.20 bits per heavy atom. The fraction of sp³-hybridized carbons (Fsp3) is 0.182. The first-order valence-electron chi connectivity index (χ1n) is 5.47. The number of halogens is 2. The summed E-state index contributed by atoms with van der Waals surface area (Å²) in [5, 5.41) is 15.8. The number of nitrogens with zero attached hydrogens (tertiary/aromatic N) is 1. The molecular formula is C11H11BrClN3O3S. The minimum absolute atomic E-state index is 0.0564. The Hall–Kier alpha value is -1.09. The lowest BCUT2D eigenvalue weighted by molar-refractivity contribution is 0.273. The van der Waals surface area contributed by atoms with Crippen molar-refractivity contribution in [1.29, 1.82) is 0 Å². The van der Waals surface area contributed by atoms with Crippen LogP contribution in [-0.4, -0.2) is 23.7 Å². The molecule has 6 nitrogen and oxygen atoms in total. The predicted octanol–water partition coefficient (Wildman–Crippen LogP) is 2.43. The molecular weight excluding hydrogens is 370 g/mol. The molecule has 0 unspecified atom stereocenters. The molecule has 1 aromatic heterocycles. The molecule has 0 aliphatic heterocycles. The molecule has 1 aromatic carbocycles. The molecule has 0 fully saturated rings. The van der Waals surface area contributed by atoms with Crippen LogP contribution in [0.5, 0.6) is 0 Å². The SMILES string of the molecule is Cc1[nH]nc(CO)c1S(=O)(=O)Nc1ccc(Br)c(Cl)c1.